The first-order chi connectivity index (χ1) is 13.4. The van der Waals surface area contributed by atoms with Gasteiger partial charge >= 0.3 is 0 Å². The Balaban J connectivity index is 1.47. The third-order valence-corrected chi connectivity index (χ3v) is 5.60. The number of carbonyl (C=O) groups is 2. The molecule has 3 aromatic rings. The molecule has 0 fully saturated rings. The molecule has 144 valence electrons. The van der Waals surface area contributed by atoms with Crippen molar-refractivity contribution < 1.29 is 14.3 Å². The zero-order valence-electron chi connectivity index (χ0n) is 14.1. The lowest BCUT2D eigenvalue weighted by molar-refractivity contribution is -0.121. The lowest BCUT2D eigenvalue weighted by atomic mass is 10.2. The lowest BCUT2D eigenvalue weighted by Gasteiger charge is -2.11. The van der Waals surface area contributed by atoms with E-state index in [2.05, 4.69) is 16.2 Å². The number of halogens is 2. The number of nitrogens with one attached hydrogen (secondary N) is 3. The Morgan fingerprint density at radius 2 is 1.75 bits per heavy atom. The molecule has 2 amide bonds. The molecule has 0 saturated carbocycles. The van der Waals surface area contributed by atoms with Gasteiger partial charge in [0.05, 0.1) is 5.02 Å². The summed E-state index contributed by atoms with van der Waals surface area (Å²) in [5, 5.41) is 4.06. The lowest BCUT2D eigenvalue weighted by Crippen LogP contribution is -2.49. The highest BCUT2D eigenvalue weighted by molar-refractivity contribution is 7.80. The van der Waals surface area contributed by atoms with Crippen LogP contribution in [-0.2, 0) is 4.79 Å². The Hall–Kier alpha value is -2.39. The molecule has 0 unspecified atom stereocenters. The minimum atomic E-state index is -0.485. The van der Waals surface area contributed by atoms with Crippen LogP contribution in [0.5, 0.6) is 5.75 Å². The number of hydrogen-bond acceptors (Lipinski definition) is 5. The van der Waals surface area contributed by atoms with E-state index < -0.39 is 11.8 Å². The van der Waals surface area contributed by atoms with Crippen LogP contribution in [0, 0.1) is 0 Å². The number of thiophene rings is 1. The highest BCUT2D eigenvalue weighted by Gasteiger charge is 2.17. The van der Waals surface area contributed by atoms with Gasteiger partial charge in [-0.05, 0) is 42.5 Å². The maximum Gasteiger partial charge on any atom is 0.281 e. The van der Waals surface area contributed by atoms with E-state index in [-0.39, 0.29) is 11.7 Å². The molecule has 0 radical (unpaired) electrons. The number of fused-ring (bicyclic) bond motifs is 1. The number of hydrogen-bond donors (Lipinski definition) is 3. The van der Waals surface area contributed by atoms with Gasteiger partial charge in [0.25, 0.3) is 11.8 Å². The smallest absolute Gasteiger partial charge is 0.281 e. The predicted octanol–water partition coefficient (Wildman–Crippen LogP) is 3.92. The van der Waals surface area contributed by atoms with E-state index in [0.717, 1.165) is 10.1 Å². The Morgan fingerprint density at radius 1 is 1.04 bits per heavy atom. The second-order valence-corrected chi connectivity index (χ2v) is 7.72. The zero-order chi connectivity index (χ0) is 20.1. The molecule has 0 aliphatic heterocycles. The van der Waals surface area contributed by atoms with Crippen molar-refractivity contribution in [2.45, 2.75) is 0 Å². The molecule has 28 heavy (non-hydrogen) atoms. The van der Waals surface area contributed by atoms with Gasteiger partial charge in [-0.1, -0.05) is 41.4 Å². The second kappa shape index (κ2) is 9.20. The fourth-order valence-electron chi connectivity index (χ4n) is 2.20. The third kappa shape index (κ3) is 5.11. The van der Waals surface area contributed by atoms with Gasteiger partial charge in [-0.15, -0.1) is 11.3 Å². The highest BCUT2D eigenvalue weighted by atomic mass is 35.5. The van der Waals surface area contributed by atoms with Gasteiger partial charge in [0.2, 0.25) is 0 Å². The molecule has 1 aromatic heterocycles. The van der Waals surface area contributed by atoms with Crippen LogP contribution >= 0.6 is 46.8 Å². The molecule has 2 aromatic carbocycles. The molecule has 1 heterocycles. The van der Waals surface area contributed by atoms with Crippen LogP contribution in [0.3, 0.4) is 0 Å². The van der Waals surface area contributed by atoms with Gasteiger partial charge in [-0.25, -0.2) is 0 Å². The Bertz CT molecular complexity index is 1040. The summed E-state index contributed by atoms with van der Waals surface area (Å²) in [6, 6.07) is 14.0. The van der Waals surface area contributed by atoms with Crippen molar-refractivity contribution >= 4 is 73.8 Å². The van der Waals surface area contributed by atoms with Gasteiger partial charge in [-0.3, -0.25) is 25.8 Å². The summed E-state index contributed by atoms with van der Waals surface area (Å²) in [6.07, 6.45) is 0. The third-order valence-electron chi connectivity index (χ3n) is 3.47. The highest BCUT2D eigenvalue weighted by Crippen LogP contribution is 2.34. The van der Waals surface area contributed by atoms with Crippen LogP contribution in [0.15, 0.2) is 48.5 Å². The maximum atomic E-state index is 12.3. The standard InChI is InChI=1S/C18H13Cl2N3O3S2/c19-10-5-7-11(8-6-10)26-9-14(24)21-18(27)23-22-17(25)16-15(20)12-3-1-2-4-13(12)28-16/h1-8H,9H2,(H,22,25)(H2,21,23,24,27). The minimum absolute atomic E-state index is 0.0738. The minimum Gasteiger partial charge on any atom is -0.484 e. The topological polar surface area (TPSA) is 79.5 Å². The van der Waals surface area contributed by atoms with Crippen LogP contribution in [0.4, 0.5) is 0 Å². The van der Waals surface area contributed by atoms with Crippen molar-refractivity contribution in [2.75, 3.05) is 6.61 Å². The first-order valence-electron chi connectivity index (χ1n) is 7.89. The van der Waals surface area contributed by atoms with Crippen molar-refractivity contribution in [3.8, 4) is 5.75 Å². The first-order valence-corrected chi connectivity index (χ1v) is 9.87. The van der Waals surface area contributed by atoms with E-state index in [1.165, 1.54) is 11.3 Å². The van der Waals surface area contributed by atoms with Crippen LogP contribution in [0.25, 0.3) is 10.1 Å². The second-order valence-electron chi connectivity index (χ2n) is 5.44. The van der Waals surface area contributed by atoms with E-state index in [0.29, 0.717) is 20.7 Å². The molecule has 10 heteroatoms. The number of thiocarbonyl (C=S) groups is 1. The van der Waals surface area contributed by atoms with E-state index in [4.69, 9.17) is 40.2 Å². The molecular weight excluding hydrogens is 441 g/mol. The molecule has 6 nitrogen and oxygen atoms in total. The van der Waals surface area contributed by atoms with Crippen LogP contribution in [0.1, 0.15) is 9.67 Å². The SMILES string of the molecule is O=C(COc1ccc(Cl)cc1)NC(=S)NNC(=O)c1sc2ccccc2c1Cl. The first kappa shape index (κ1) is 20.3. The molecule has 0 bridgehead atoms. The van der Waals surface area contributed by atoms with Crippen molar-refractivity contribution in [2.24, 2.45) is 0 Å². The normalized spacial score (nSPS) is 10.4. The molecule has 3 rings (SSSR count). The number of benzene rings is 2. The molecule has 0 aliphatic carbocycles. The Morgan fingerprint density at radius 3 is 2.46 bits per heavy atom. The average molecular weight is 454 g/mol. The average Bonchev–Trinajstić information content (AvgIpc) is 3.03. The largest absolute Gasteiger partial charge is 0.484 e. The van der Waals surface area contributed by atoms with E-state index >= 15 is 0 Å². The molecular formula is C18H13Cl2N3O3S2. The van der Waals surface area contributed by atoms with Gasteiger partial charge in [0, 0.05) is 15.1 Å². The Labute approximate surface area is 179 Å². The van der Waals surface area contributed by atoms with Gasteiger partial charge in [-0.2, -0.15) is 0 Å². The maximum absolute atomic E-state index is 12.3. The molecule has 0 aliphatic rings. The van der Waals surface area contributed by atoms with Gasteiger partial charge in [0.15, 0.2) is 11.7 Å². The van der Waals surface area contributed by atoms with E-state index in [1.807, 2.05) is 24.3 Å². The number of amides is 2. The molecule has 0 saturated heterocycles. The number of hydrazine groups is 1. The number of rotatable bonds is 4. The van der Waals surface area contributed by atoms with Crippen molar-refractivity contribution in [3.05, 3.63) is 63.5 Å². The summed E-state index contributed by atoms with van der Waals surface area (Å²) in [5.41, 5.74) is 4.88. The molecule has 3 N–H and O–H groups in total. The van der Waals surface area contributed by atoms with Gasteiger partial charge in [0.1, 0.15) is 10.6 Å². The summed E-state index contributed by atoms with van der Waals surface area (Å²) in [4.78, 5) is 24.5. The summed E-state index contributed by atoms with van der Waals surface area (Å²) in [5.74, 6) is -0.451. The predicted molar refractivity (Wildman–Crippen MR) is 115 cm³/mol. The summed E-state index contributed by atoms with van der Waals surface area (Å²) >= 11 is 18.3. The summed E-state index contributed by atoms with van der Waals surface area (Å²) in [7, 11) is 0. The van der Waals surface area contributed by atoms with Crippen LogP contribution in [0.2, 0.25) is 10.0 Å². The molecule has 0 atom stereocenters. The van der Waals surface area contributed by atoms with Crippen molar-refractivity contribution in [1.82, 2.24) is 16.2 Å². The van der Waals surface area contributed by atoms with Crippen LogP contribution in [-0.4, -0.2) is 23.5 Å². The monoisotopic (exact) mass is 453 g/mol. The summed E-state index contributed by atoms with van der Waals surface area (Å²) < 4.78 is 6.20. The number of ether oxygens (including phenoxy) is 1. The Kier molecular flexibility index (Phi) is 6.69. The van der Waals surface area contributed by atoms with E-state index in [9.17, 15) is 9.59 Å². The van der Waals surface area contributed by atoms with Crippen molar-refractivity contribution in [1.29, 1.82) is 0 Å². The van der Waals surface area contributed by atoms with Crippen LogP contribution < -0.4 is 20.9 Å². The zero-order valence-corrected chi connectivity index (χ0v) is 17.3. The van der Waals surface area contributed by atoms with Gasteiger partial charge < -0.3 is 4.74 Å². The number of carbonyl (C=O) groups excluding carboxylic acids is 2. The van der Waals surface area contributed by atoms with E-state index in [1.54, 1.807) is 24.3 Å². The van der Waals surface area contributed by atoms with Crippen molar-refractivity contribution in [3.63, 3.8) is 0 Å². The quantitative estimate of drug-likeness (QED) is 0.412. The fraction of sp³-hybridized carbons (Fsp3) is 0.0556. The molecule has 0 spiro atoms. The fourth-order valence-corrected chi connectivity index (χ4v) is 3.91. The summed E-state index contributed by atoms with van der Waals surface area (Å²) in [6.45, 7) is -0.250.